The standard InChI is InChI=1S/C11H16BrN/c1-11(2,13(3)4)9-6-5-7-10(12)8-9/h5-8H,1-4H3. The molecule has 0 saturated heterocycles. The first-order chi connectivity index (χ1) is 5.94. The molecule has 0 aliphatic carbocycles. The summed E-state index contributed by atoms with van der Waals surface area (Å²) in [5.74, 6) is 0. The first-order valence-corrected chi connectivity index (χ1v) is 5.17. The summed E-state index contributed by atoms with van der Waals surface area (Å²) in [6.07, 6.45) is 0. The lowest BCUT2D eigenvalue weighted by Crippen LogP contribution is -2.35. The van der Waals surface area contributed by atoms with E-state index in [0.29, 0.717) is 0 Å². The molecule has 0 spiro atoms. The fraction of sp³-hybridized carbons (Fsp3) is 0.455. The molecule has 0 N–H and O–H groups in total. The van der Waals surface area contributed by atoms with E-state index in [4.69, 9.17) is 0 Å². The average molecular weight is 242 g/mol. The average Bonchev–Trinajstić information content (AvgIpc) is 2.04. The highest BCUT2D eigenvalue weighted by atomic mass is 79.9. The molecule has 1 rings (SSSR count). The SMILES string of the molecule is CN(C)C(C)(C)c1cccc(Br)c1. The third kappa shape index (κ3) is 2.32. The zero-order valence-electron chi connectivity index (χ0n) is 8.63. The van der Waals surface area contributed by atoms with Crippen LogP contribution in [0.2, 0.25) is 0 Å². The van der Waals surface area contributed by atoms with Gasteiger partial charge >= 0.3 is 0 Å². The number of halogens is 1. The molecule has 0 radical (unpaired) electrons. The Balaban J connectivity index is 3.07. The van der Waals surface area contributed by atoms with Crippen LogP contribution in [0.1, 0.15) is 19.4 Å². The second-order valence-electron chi connectivity index (χ2n) is 3.96. The van der Waals surface area contributed by atoms with Gasteiger partial charge in [0.25, 0.3) is 0 Å². The third-order valence-corrected chi connectivity index (χ3v) is 3.14. The van der Waals surface area contributed by atoms with Gasteiger partial charge in [-0.25, -0.2) is 0 Å². The monoisotopic (exact) mass is 241 g/mol. The minimum absolute atomic E-state index is 0.0871. The Hall–Kier alpha value is -0.340. The summed E-state index contributed by atoms with van der Waals surface area (Å²) in [4.78, 5) is 2.22. The van der Waals surface area contributed by atoms with Gasteiger partial charge in [0.15, 0.2) is 0 Å². The van der Waals surface area contributed by atoms with Gasteiger partial charge in [0.2, 0.25) is 0 Å². The van der Waals surface area contributed by atoms with E-state index in [1.807, 2.05) is 0 Å². The molecule has 2 heteroatoms. The van der Waals surface area contributed by atoms with E-state index in [0.717, 1.165) is 4.47 Å². The maximum Gasteiger partial charge on any atom is 0.0398 e. The van der Waals surface area contributed by atoms with Crippen LogP contribution in [0.15, 0.2) is 28.7 Å². The highest BCUT2D eigenvalue weighted by Gasteiger charge is 2.22. The molecule has 0 aromatic heterocycles. The Bertz CT molecular complexity index is 292. The van der Waals surface area contributed by atoms with E-state index in [1.165, 1.54) is 5.56 Å². The molecule has 0 bridgehead atoms. The van der Waals surface area contributed by atoms with Crippen molar-refractivity contribution in [3.63, 3.8) is 0 Å². The van der Waals surface area contributed by atoms with Crippen LogP contribution in [0.25, 0.3) is 0 Å². The minimum Gasteiger partial charge on any atom is -0.300 e. The van der Waals surface area contributed by atoms with Gasteiger partial charge in [-0.3, -0.25) is 0 Å². The van der Waals surface area contributed by atoms with E-state index in [-0.39, 0.29) is 5.54 Å². The van der Waals surface area contributed by atoms with E-state index < -0.39 is 0 Å². The molecule has 0 heterocycles. The maximum absolute atomic E-state index is 3.49. The summed E-state index contributed by atoms with van der Waals surface area (Å²) in [6, 6.07) is 8.45. The van der Waals surface area contributed by atoms with E-state index in [9.17, 15) is 0 Å². The van der Waals surface area contributed by atoms with Gasteiger partial charge in [-0.15, -0.1) is 0 Å². The fourth-order valence-corrected chi connectivity index (χ4v) is 1.53. The molecule has 1 aromatic rings. The first kappa shape index (κ1) is 10.7. The highest BCUT2D eigenvalue weighted by Crippen LogP contribution is 2.27. The van der Waals surface area contributed by atoms with Gasteiger partial charge < -0.3 is 4.90 Å². The normalized spacial score (nSPS) is 12.2. The Kier molecular flexibility index (Phi) is 3.14. The Morgan fingerprint density at radius 3 is 2.31 bits per heavy atom. The van der Waals surface area contributed by atoms with Gasteiger partial charge in [0, 0.05) is 10.0 Å². The van der Waals surface area contributed by atoms with Crippen LogP contribution in [0, 0.1) is 0 Å². The number of hydrogen-bond acceptors (Lipinski definition) is 1. The van der Waals surface area contributed by atoms with Crippen molar-refractivity contribution >= 4 is 15.9 Å². The molecule has 0 aliphatic heterocycles. The largest absolute Gasteiger partial charge is 0.300 e. The van der Waals surface area contributed by atoms with Crippen LogP contribution in [0.5, 0.6) is 0 Å². The molecule has 13 heavy (non-hydrogen) atoms. The predicted molar refractivity (Wildman–Crippen MR) is 60.9 cm³/mol. The zero-order chi connectivity index (χ0) is 10.1. The number of nitrogens with zero attached hydrogens (tertiary/aromatic N) is 1. The van der Waals surface area contributed by atoms with Gasteiger partial charge in [-0.1, -0.05) is 28.1 Å². The predicted octanol–water partition coefficient (Wildman–Crippen LogP) is 3.25. The summed E-state index contributed by atoms with van der Waals surface area (Å²) in [7, 11) is 4.20. The second-order valence-corrected chi connectivity index (χ2v) is 4.88. The molecule has 0 unspecified atom stereocenters. The summed E-state index contributed by atoms with van der Waals surface area (Å²) in [5.41, 5.74) is 1.41. The molecule has 1 aromatic carbocycles. The van der Waals surface area contributed by atoms with E-state index in [2.05, 4.69) is 73.0 Å². The summed E-state index contributed by atoms with van der Waals surface area (Å²) in [6.45, 7) is 4.43. The minimum atomic E-state index is 0.0871. The van der Waals surface area contributed by atoms with Gasteiger partial charge in [0.05, 0.1) is 0 Å². The molecule has 0 saturated carbocycles. The molecular formula is C11H16BrN. The summed E-state index contributed by atoms with van der Waals surface area (Å²) in [5, 5.41) is 0. The lowest BCUT2D eigenvalue weighted by Gasteiger charge is -2.33. The van der Waals surface area contributed by atoms with Gasteiger partial charge in [0.1, 0.15) is 0 Å². The fourth-order valence-electron chi connectivity index (χ4n) is 1.13. The van der Waals surface area contributed by atoms with Crippen molar-refractivity contribution in [1.29, 1.82) is 0 Å². The van der Waals surface area contributed by atoms with Crippen molar-refractivity contribution in [2.75, 3.05) is 14.1 Å². The van der Waals surface area contributed by atoms with E-state index in [1.54, 1.807) is 0 Å². The number of hydrogen-bond donors (Lipinski definition) is 0. The number of benzene rings is 1. The van der Waals surface area contributed by atoms with Crippen molar-refractivity contribution in [2.24, 2.45) is 0 Å². The van der Waals surface area contributed by atoms with Crippen LogP contribution < -0.4 is 0 Å². The first-order valence-electron chi connectivity index (χ1n) is 4.38. The molecule has 72 valence electrons. The quantitative estimate of drug-likeness (QED) is 0.769. The zero-order valence-corrected chi connectivity index (χ0v) is 10.2. The van der Waals surface area contributed by atoms with Crippen molar-refractivity contribution in [3.05, 3.63) is 34.3 Å². The molecule has 0 fully saturated rings. The third-order valence-electron chi connectivity index (χ3n) is 2.65. The smallest absolute Gasteiger partial charge is 0.0398 e. The Labute approximate surface area is 88.9 Å². The highest BCUT2D eigenvalue weighted by molar-refractivity contribution is 9.10. The Morgan fingerprint density at radius 2 is 1.85 bits per heavy atom. The lowest BCUT2D eigenvalue weighted by molar-refractivity contribution is 0.197. The summed E-state index contributed by atoms with van der Waals surface area (Å²) >= 11 is 3.49. The van der Waals surface area contributed by atoms with Crippen LogP contribution in [-0.4, -0.2) is 19.0 Å². The molecule has 0 amide bonds. The van der Waals surface area contributed by atoms with Gasteiger partial charge in [-0.05, 0) is 45.6 Å². The number of rotatable bonds is 2. The van der Waals surface area contributed by atoms with Crippen LogP contribution in [-0.2, 0) is 5.54 Å². The van der Waals surface area contributed by atoms with Crippen molar-refractivity contribution in [3.8, 4) is 0 Å². The maximum atomic E-state index is 3.49. The van der Waals surface area contributed by atoms with Crippen molar-refractivity contribution in [1.82, 2.24) is 4.90 Å². The molecule has 0 aliphatic rings. The molecular weight excluding hydrogens is 226 g/mol. The Morgan fingerprint density at radius 1 is 1.23 bits per heavy atom. The lowest BCUT2D eigenvalue weighted by atomic mass is 9.93. The van der Waals surface area contributed by atoms with Crippen LogP contribution in [0.4, 0.5) is 0 Å². The summed E-state index contributed by atoms with van der Waals surface area (Å²) < 4.78 is 1.14. The van der Waals surface area contributed by atoms with Crippen molar-refractivity contribution in [2.45, 2.75) is 19.4 Å². The van der Waals surface area contributed by atoms with Crippen molar-refractivity contribution < 1.29 is 0 Å². The molecule has 1 nitrogen and oxygen atoms in total. The van der Waals surface area contributed by atoms with Gasteiger partial charge in [-0.2, -0.15) is 0 Å². The van der Waals surface area contributed by atoms with E-state index >= 15 is 0 Å². The second kappa shape index (κ2) is 3.81. The topological polar surface area (TPSA) is 3.24 Å². The van der Waals surface area contributed by atoms with Crippen LogP contribution >= 0.6 is 15.9 Å². The molecule has 0 atom stereocenters. The van der Waals surface area contributed by atoms with Crippen LogP contribution in [0.3, 0.4) is 0 Å².